The van der Waals surface area contributed by atoms with Crippen molar-refractivity contribution >= 4 is 5.78 Å². The van der Waals surface area contributed by atoms with Crippen LogP contribution in [0.15, 0.2) is 0 Å². The number of hydrogen-bond donors (Lipinski definition) is 0. The van der Waals surface area contributed by atoms with E-state index < -0.39 is 0 Å². The molecular weight excluding hydrogens is 228 g/mol. The molecule has 1 spiro atoms. The highest BCUT2D eigenvalue weighted by Gasteiger charge is 2.54. The SMILES string of the molecule is CC(C)OC1CC2(CC(OCC(=O)C(C)C)C2)C1. The molecule has 0 heterocycles. The summed E-state index contributed by atoms with van der Waals surface area (Å²) in [5.74, 6) is 0.303. The summed E-state index contributed by atoms with van der Waals surface area (Å²) in [6, 6.07) is 0. The number of hydrogen-bond acceptors (Lipinski definition) is 3. The highest BCUT2D eigenvalue weighted by atomic mass is 16.5. The highest BCUT2D eigenvalue weighted by molar-refractivity contribution is 5.81. The van der Waals surface area contributed by atoms with Crippen LogP contribution in [0.3, 0.4) is 0 Å². The van der Waals surface area contributed by atoms with Crippen molar-refractivity contribution in [3.05, 3.63) is 0 Å². The van der Waals surface area contributed by atoms with E-state index >= 15 is 0 Å². The van der Waals surface area contributed by atoms with Gasteiger partial charge >= 0.3 is 0 Å². The Bertz CT molecular complexity index is 295. The highest BCUT2D eigenvalue weighted by Crippen LogP contribution is 2.57. The van der Waals surface area contributed by atoms with Gasteiger partial charge in [0.15, 0.2) is 5.78 Å². The van der Waals surface area contributed by atoms with Crippen LogP contribution in [0.2, 0.25) is 0 Å². The predicted molar refractivity (Wildman–Crippen MR) is 70.5 cm³/mol. The van der Waals surface area contributed by atoms with Crippen molar-refractivity contribution in [2.75, 3.05) is 6.61 Å². The molecule has 104 valence electrons. The Labute approximate surface area is 110 Å². The molecule has 0 aliphatic heterocycles. The van der Waals surface area contributed by atoms with Crippen molar-refractivity contribution < 1.29 is 14.3 Å². The van der Waals surface area contributed by atoms with Crippen molar-refractivity contribution in [1.82, 2.24) is 0 Å². The lowest BCUT2D eigenvalue weighted by Gasteiger charge is -2.57. The monoisotopic (exact) mass is 254 g/mol. The first-order valence-electron chi connectivity index (χ1n) is 7.20. The van der Waals surface area contributed by atoms with Crippen LogP contribution in [0.5, 0.6) is 0 Å². The van der Waals surface area contributed by atoms with Gasteiger partial charge in [-0.3, -0.25) is 4.79 Å². The lowest BCUT2D eigenvalue weighted by atomic mass is 9.53. The number of rotatable bonds is 6. The average Bonchev–Trinajstić information content (AvgIpc) is 2.16. The summed E-state index contributed by atoms with van der Waals surface area (Å²) < 4.78 is 11.4. The van der Waals surface area contributed by atoms with Gasteiger partial charge in [-0.25, -0.2) is 0 Å². The molecule has 2 aliphatic rings. The van der Waals surface area contributed by atoms with Crippen LogP contribution in [-0.2, 0) is 14.3 Å². The Kier molecular flexibility index (Phi) is 4.12. The topological polar surface area (TPSA) is 35.5 Å². The number of carbonyl (C=O) groups is 1. The van der Waals surface area contributed by atoms with Gasteiger partial charge < -0.3 is 9.47 Å². The van der Waals surface area contributed by atoms with E-state index in [0.717, 1.165) is 12.8 Å². The van der Waals surface area contributed by atoms with Crippen LogP contribution in [0.25, 0.3) is 0 Å². The third-order valence-corrected chi connectivity index (χ3v) is 4.21. The van der Waals surface area contributed by atoms with E-state index in [1.54, 1.807) is 0 Å². The van der Waals surface area contributed by atoms with E-state index in [2.05, 4.69) is 13.8 Å². The minimum absolute atomic E-state index is 0.0894. The first-order chi connectivity index (χ1) is 8.40. The van der Waals surface area contributed by atoms with Gasteiger partial charge in [-0.05, 0) is 44.9 Å². The van der Waals surface area contributed by atoms with E-state index in [4.69, 9.17) is 9.47 Å². The van der Waals surface area contributed by atoms with Gasteiger partial charge in [0, 0.05) is 5.92 Å². The van der Waals surface area contributed by atoms with Crippen LogP contribution >= 0.6 is 0 Å². The lowest BCUT2D eigenvalue weighted by Crippen LogP contribution is -2.54. The molecule has 0 N–H and O–H groups in total. The molecule has 18 heavy (non-hydrogen) atoms. The van der Waals surface area contributed by atoms with E-state index in [9.17, 15) is 4.79 Å². The van der Waals surface area contributed by atoms with Gasteiger partial charge in [0.1, 0.15) is 6.61 Å². The second-order valence-electron chi connectivity index (χ2n) is 6.68. The van der Waals surface area contributed by atoms with Crippen molar-refractivity contribution in [2.45, 2.75) is 71.7 Å². The third-order valence-electron chi connectivity index (χ3n) is 4.21. The summed E-state index contributed by atoms with van der Waals surface area (Å²) in [6.07, 6.45) is 5.72. The fraction of sp³-hybridized carbons (Fsp3) is 0.933. The second kappa shape index (κ2) is 5.30. The minimum atomic E-state index is 0.0894. The molecule has 0 aromatic rings. The molecule has 0 amide bonds. The largest absolute Gasteiger partial charge is 0.376 e. The van der Waals surface area contributed by atoms with Crippen molar-refractivity contribution in [3.63, 3.8) is 0 Å². The molecule has 2 saturated carbocycles. The molecule has 0 saturated heterocycles. The quantitative estimate of drug-likeness (QED) is 0.731. The number of ketones is 1. The Morgan fingerprint density at radius 2 is 1.67 bits per heavy atom. The van der Waals surface area contributed by atoms with Gasteiger partial charge in [0.05, 0.1) is 18.3 Å². The molecule has 0 aromatic heterocycles. The van der Waals surface area contributed by atoms with E-state index in [-0.39, 0.29) is 11.7 Å². The number of Topliss-reactive ketones (excluding diaryl/α,β-unsaturated/α-hetero) is 1. The van der Waals surface area contributed by atoms with Crippen LogP contribution in [0.1, 0.15) is 53.4 Å². The first-order valence-corrected chi connectivity index (χ1v) is 7.20. The Hall–Kier alpha value is -0.410. The molecule has 2 aliphatic carbocycles. The van der Waals surface area contributed by atoms with E-state index in [1.807, 2.05) is 13.8 Å². The Morgan fingerprint density at radius 3 is 2.17 bits per heavy atom. The van der Waals surface area contributed by atoms with Crippen LogP contribution in [0.4, 0.5) is 0 Å². The van der Waals surface area contributed by atoms with Gasteiger partial charge in [-0.2, -0.15) is 0 Å². The second-order valence-corrected chi connectivity index (χ2v) is 6.68. The van der Waals surface area contributed by atoms with E-state index in [1.165, 1.54) is 12.8 Å². The predicted octanol–water partition coefficient (Wildman–Crippen LogP) is 2.96. The fourth-order valence-electron chi connectivity index (χ4n) is 3.11. The molecule has 0 aromatic carbocycles. The molecule has 3 heteroatoms. The zero-order chi connectivity index (χ0) is 13.3. The molecular formula is C15H26O3. The maximum absolute atomic E-state index is 11.5. The average molecular weight is 254 g/mol. The minimum Gasteiger partial charge on any atom is -0.376 e. The fourth-order valence-corrected chi connectivity index (χ4v) is 3.11. The van der Waals surface area contributed by atoms with Gasteiger partial charge in [-0.15, -0.1) is 0 Å². The van der Waals surface area contributed by atoms with Crippen LogP contribution in [-0.4, -0.2) is 30.7 Å². The molecule has 0 bridgehead atoms. The summed E-state index contributed by atoms with van der Waals surface area (Å²) in [7, 11) is 0. The van der Waals surface area contributed by atoms with Gasteiger partial charge in [0.2, 0.25) is 0 Å². The van der Waals surface area contributed by atoms with Gasteiger partial charge in [0.25, 0.3) is 0 Å². The Balaban J connectivity index is 1.59. The lowest BCUT2D eigenvalue weighted by molar-refractivity contribution is -0.185. The Morgan fingerprint density at radius 1 is 1.11 bits per heavy atom. The molecule has 2 fully saturated rings. The summed E-state index contributed by atoms with van der Waals surface area (Å²) >= 11 is 0. The summed E-state index contributed by atoms with van der Waals surface area (Å²) in [4.78, 5) is 11.5. The van der Waals surface area contributed by atoms with Crippen molar-refractivity contribution in [3.8, 4) is 0 Å². The number of carbonyl (C=O) groups excluding carboxylic acids is 1. The first kappa shape index (κ1) is 14.0. The summed E-state index contributed by atoms with van der Waals surface area (Å²) in [6.45, 7) is 8.33. The zero-order valence-electron chi connectivity index (χ0n) is 12.1. The maximum Gasteiger partial charge on any atom is 0.160 e. The van der Waals surface area contributed by atoms with E-state index in [0.29, 0.717) is 30.3 Å². The standard InChI is InChI=1S/C15H26O3/c1-10(2)14(16)9-17-12-5-15(6-12)7-13(8-15)18-11(3)4/h10-13H,5-9H2,1-4H3. The van der Waals surface area contributed by atoms with Crippen molar-refractivity contribution in [1.29, 1.82) is 0 Å². The molecule has 2 rings (SSSR count). The molecule has 0 radical (unpaired) electrons. The molecule has 0 atom stereocenters. The number of ether oxygens (including phenoxy) is 2. The van der Waals surface area contributed by atoms with Gasteiger partial charge in [-0.1, -0.05) is 13.8 Å². The summed E-state index contributed by atoms with van der Waals surface area (Å²) in [5, 5.41) is 0. The smallest absolute Gasteiger partial charge is 0.160 e. The maximum atomic E-state index is 11.5. The van der Waals surface area contributed by atoms with Crippen LogP contribution in [0, 0.1) is 11.3 Å². The zero-order valence-corrected chi connectivity index (χ0v) is 12.1. The van der Waals surface area contributed by atoms with Crippen molar-refractivity contribution in [2.24, 2.45) is 11.3 Å². The molecule has 0 unspecified atom stereocenters. The normalized spacial score (nSPS) is 34.8. The van der Waals surface area contributed by atoms with Crippen LogP contribution < -0.4 is 0 Å². The summed E-state index contributed by atoms with van der Waals surface area (Å²) in [5.41, 5.74) is 0.491. The third kappa shape index (κ3) is 3.12. The molecule has 3 nitrogen and oxygen atoms in total.